The van der Waals surface area contributed by atoms with Gasteiger partial charge in [-0.15, -0.1) is 0 Å². The highest BCUT2D eigenvalue weighted by Crippen LogP contribution is 2.24. The van der Waals surface area contributed by atoms with Crippen molar-refractivity contribution in [3.63, 3.8) is 0 Å². The van der Waals surface area contributed by atoms with Gasteiger partial charge in [0.15, 0.2) is 0 Å². The largest absolute Gasteiger partial charge is 0.501 e. The minimum atomic E-state index is -2.72. The van der Waals surface area contributed by atoms with E-state index < -0.39 is 9.84 Å². The van der Waals surface area contributed by atoms with E-state index >= 15 is 0 Å². The standard InChI is InChI=1S/C14H24O3S/c15-18(16)10-7-13(8-11-18)6-9-17-12-14-4-2-1-3-5-14/h12-13H,1-11H2. The molecule has 2 aliphatic rings. The molecule has 0 N–H and O–H groups in total. The number of hydrogen-bond donors (Lipinski definition) is 0. The van der Waals surface area contributed by atoms with E-state index in [0.717, 1.165) is 25.9 Å². The van der Waals surface area contributed by atoms with Gasteiger partial charge in [0.1, 0.15) is 9.84 Å². The molecule has 2 rings (SSSR count). The highest BCUT2D eigenvalue weighted by Gasteiger charge is 2.23. The summed E-state index contributed by atoms with van der Waals surface area (Å²) >= 11 is 0. The van der Waals surface area contributed by atoms with Crippen molar-refractivity contribution in [2.24, 2.45) is 5.92 Å². The van der Waals surface area contributed by atoms with Crippen molar-refractivity contribution in [3.8, 4) is 0 Å². The molecule has 1 heterocycles. The summed E-state index contributed by atoms with van der Waals surface area (Å²) in [5, 5.41) is 0. The van der Waals surface area contributed by atoms with Crippen molar-refractivity contribution < 1.29 is 13.2 Å². The zero-order valence-corrected chi connectivity index (χ0v) is 11.9. The second-order valence-electron chi connectivity index (χ2n) is 5.59. The van der Waals surface area contributed by atoms with Gasteiger partial charge in [0.2, 0.25) is 0 Å². The molecule has 0 aromatic rings. The Morgan fingerprint density at radius 3 is 2.44 bits per heavy atom. The van der Waals surface area contributed by atoms with Gasteiger partial charge in [-0.1, -0.05) is 6.42 Å². The Hall–Kier alpha value is -0.510. The van der Waals surface area contributed by atoms with E-state index in [0.29, 0.717) is 17.4 Å². The molecule has 104 valence electrons. The zero-order chi connectivity index (χ0) is 12.8. The third kappa shape index (κ3) is 4.63. The van der Waals surface area contributed by atoms with Crippen LogP contribution in [0.3, 0.4) is 0 Å². The van der Waals surface area contributed by atoms with E-state index in [2.05, 4.69) is 0 Å². The molecular formula is C14H24O3S. The Bertz CT molecular complexity index is 362. The average molecular weight is 272 g/mol. The van der Waals surface area contributed by atoms with Crippen molar-refractivity contribution >= 4 is 9.84 Å². The summed E-state index contributed by atoms with van der Waals surface area (Å²) in [7, 11) is -2.72. The molecule has 0 bridgehead atoms. The van der Waals surface area contributed by atoms with Crippen molar-refractivity contribution in [2.75, 3.05) is 18.1 Å². The highest BCUT2D eigenvalue weighted by molar-refractivity contribution is 7.91. The Kier molecular flexibility index (Phi) is 5.10. The smallest absolute Gasteiger partial charge is 0.150 e. The van der Waals surface area contributed by atoms with Crippen LogP contribution in [0.15, 0.2) is 11.8 Å². The predicted octanol–water partition coefficient (Wildman–Crippen LogP) is 3.07. The second kappa shape index (κ2) is 6.60. The molecule has 4 heteroatoms. The van der Waals surface area contributed by atoms with Crippen LogP contribution in [0.2, 0.25) is 0 Å². The van der Waals surface area contributed by atoms with E-state index in [1.165, 1.54) is 37.7 Å². The van der Waals surface area contributed by atoms with E-state index in [9.17, 15) is 8.42 Å². The third-order valence-electron chi connectivity index (χ3n) is 4.06. The van der Waals surface area contributed by atoms with Gasteiger partial charge in [-0.2, -0.15) is 0 Å². The highest BCUT2D eigenvalue weighted by atomic mass is 32.2. The maximum Gasteiger partial charge on any atom is 0.150 e. The van der Waals surface area contributed by atoms with Crippen LogP contribution in [-0.4, -0.2) is 26.5 Å². The zero-order valence-electron chi connectivity index (χ0n) is 11.1. The summed E-state index contributed by atoms with van der Waals surface area (Å²) in [6.07, 6.45) is 10.9. The van der Waals surface area contributed by atoms with Crippen LogP contribution in [-0.2, 0) is 14.6 Å². The molecule has 1 aliphatic heterocycles. The quantitative estimate of drug-likeness (QED) is 0.583. The van der Waals surface area contributed by atoms with Gasteiger partial charge in [-0.05, 0) is 56.4 Å². The minimum Gasteiger partial charge on any atom is -0.501 e. The van der Waals surface area contributed by atoms with Gasteiger partial charge in [0, 0.05) is 0 Å². The Morgan fingerprint density at radius 2 is 1.78 bits per heavy atom. The first-order valence-electron chi connectivity index (χ1n) is 7.16. The van der Waals surface area contributed by atoms with Gasteiger partial charge in [-0.25, -0.2) is 8.42 Å². The molecule has 1 saturated carbocycles. The Morgan fingerprint density at radius 1 is 1.11 bits per heavy atom. The fraction of sp³-hybridized carbons (Fsp3) is 0.857. The summed E-state index contributed by atoms with van der Waals surface area (Å²) < 4.78 is 28.2. The number of allylic oxidation sites excluding steroid dienone is 1. The lowest BCUT2D eigenvalue weighted by Gasteiger charge is -2.21. The lowest BCUT2D eigenvalue weighted by molar-refractivity contribution is 0.212. The molecule has 3 nitrogen and oxygen atoms in total. The topological polar surface area (TPSA) is 43.4 Å². The van der Waals surface area contributed by atoms with Gasteiger partial charge in [-0.3, -0.25) is 0 Å². The second-order valence-corrected chi connectivity index (χ2v) is 7.90. The molecular weight excluding hydrogens is 248 g/mol. The molecule has 1 aliphatic carbocycles. The molecule has 0 amide bonds. The number of ether oxygens (including phenoxy) is 1. The number of rotatable bonds is 4. The summed E-state index contributed by atoms with van der Waals surface area (Å²) in [6.45, 7) is 0.744. The average Bonchev–Trinajstić information content (AvgIpc) is 2.37. The SMILES string of the molecule is O=S1(=O)CCC(CCOC=C2CCCCC2)CC1. The van der Waals surface area contributed by atoms with E-state index in [1.54, 1.807) is 0 Å². The first-order valence-corrected chi connectivity index (χ1v) is 8.98. The molecule has 0 atom stereocenters. The van der Waals surface area contributed by atoms with Crippen LogP contribution in [0.4, 0.5) is 0 Å². The van der Waals surface area contributed by atoms with Gasteiger partial charge >= 0.3 is 0 Å². The van der Waals surface area contributed by atoms with E-state index in [-0.39, 0.29) is 0 Å². The molecule has 0 aromatic carbocycles. The van der Waals surface area contributed by atoms with Crippen molar-refractivity contribution in [1.82, 2.24) is 0 Å². The maximum atomic E-state index is 11.3. The molecule has 0 aromatic heterocycles. The first kappa shape index (κ1) is 13.9. The molecule has 1 saturated heterocycles. The van der Waals surface area contributed by atoms with Crippen LogP contribution in [0.5, 0.6) is 0 Å². The molecule has 2 fully saturated rings. The van der Waals surface area contributed by atoms with Crippen molar-refractivity contribution in [2.45, 2.75) is 51.4 Å². The Labute approximate surface area is 111 Å². The van der Waals surface area contributed by atoms with Gasteiger partial charge < -0.3 is 4.74 Å². The number of hydrogen-bond acceptors (Lipinski definition) is 3. The van der Waals surface area contributed by atoms with Crippen LogP contribution in [0, 0.1) is 5.92 Å². The maximum absolute atomic E-state index is 11.3. The van der Waals surface area contributed by atoms with Crippen LogP contribution < -0.4 is 0 Å². The summed E-state index contributed by atoms with van der Waals surface area (Å²) in [6, 6.07) is 0. The van der Waals surface area contributed by atoms with Crippen LogP contribution in [0.25, 0.3) is 0 Å². The molecule has 0 unspecified atom stereocenters. The number of sulfone groups is 1. The summed E-state index contributed by atoms with van der Waals surface area (Å²) in [5.41, 5.74) is 1.45. The van der Waals surface area contributed by atoms with Crippen molar-refractivity contribution in [1.29, 1.82) is 0 Å². The minimum absolute atomic E-state index is 0.374. The van der Waals surface area contributed by atoms with Crippen LogP contribution in [0.1, 0.15) is 51.4 Å². The Balaban J connectivity index is 1.61. The van der Waals surface area contributed by atoms with E-state index in [4.69, 9.17) is 4.74 Å². The fourth-order valence-corrected chi connectivity index (χ4v) is 4.35. The predicted molar refractivity (Wildman–Crippen MR) is 73.1 cm³/mol. The molecule has 0 radical (unpaired) electrons. The van der Waals surface area contributed by atoms with Crippen molar-refractivity contribution in [3.05, 3.63) is 11.8 Å². The monoisotopic (exact) mass is 272 g/mol. The summed E-state index contributed by atoms with van der Waals surface area (Å²) in [4.78, 5) is 0. The van der Waals surface area contributed by atoms with E-state index in [1.807, 2.05) is 6.26 Å². The third-order valence-corrected chi connectivity index (χ3v) is 5.78. The lowest BCUT2D eigenvalue weighted by Crippen LogP contribution is -2.23. The molecule has 18 heavy (non-hydrogen) atoms. The van der Waals surface area contributed by atoms with Gasteiger partial charge in [0.05, 0.1) is 24.4 Å². The van der Waals surface area contributed by atoms with Gasteiger partial charge in [0.25, 0.3) is 0 Å². The lowest BCUT2D eigenvalue weighted by atomic mass is 9.96. The molecule has 0 spiro atoms. The first-order chi connectivity index (χ1) is 8.66. The van der Waals surface area contributed by atoms with Crippen LogP contribution >= 0.6 is 0 Å². The summed E-state index contributed by atoms with van der Waals surface area (Å²) in [5.74, 6) is 1.29. The normalized spacial score (nSPS) is 24.8. The fourth-order valence-electron chi connectivity index (χ4n) is 2.76.